The first-order valence-corrected chi connectivity index (χ1v) is 11.4. The summed E-state index contributed by atoms with van der Waals surface area (Å²) in [5, 5.41) is 3.23. The molecule has 1 aliphatic rings. The van der Waals surface area contributed by atoms with Crippen LogP contribution in [-0.4, -0.2) is 35.1 Å². The number of ether oxygens (including phenoxy) is 2. The van der Waals surface area contributed by atoms with Gasteiger partial charge in [-0.2, -0.15) is 0 Å². The summed E-state index contributed by atoms with van der Waals surface area (Å²) in [6.07, 6.45) is 2.31. The Labute approximate surface area is 189 Å². The first-order chi connectivity index (χ1) is 15.4. The largest absolute Gasteiger partial charge is 0.497 e. The molecular weight excluding hydrogens is 430 g/mol. The zero-order valence-corrected chi connectivity index (χ0v) is 19.1. The monoisotopic (exact) mass is 455 g/mol. The fraction of sp³-hybridized carbons (Fsp3) is 0.391. The summed E-state index contributed by atoms with van der Waals surface area (Å²) >= 11 is 1.46. The maximum atomic E-state index is 13.5. The lowest BCUT2D eigenvalue weighted by molar-refractivity contribution is -0.145. The molecule has 1 N–H and O–H groups in total. The lowest BCUT2D eigenvalue weighted by Crippen LogP contribution is -2.31. The number of aromatic nitrogens is 2. The summed E-state index contributed by atoms with van der Waals surface area (Å²) in [7, 11) is 1.57. The minimum atomic E-state index is -0.466. The Hall–Kier alpha value is -3.20. The standard InChI is InChI=1S/C23H25N3O5S/c1-4-31-23(29)16-6-5-7-17-19(16)20-21(32-17)24-13(2)26(22(20)28)12-18(27)25-14-8-10-15(30-3)11-9-14/h8-11,16H,4-7,12H2,1-3H3,(H,25,27). The number of amides is 1. The zero-order chi connectivity index (χ0) is 22.8. The predicted molar refractivity (Wildman–Crippen MR) is 123 cm³/mol. The summed E-state index contributed by atoms with van der Waals surface area (Å²) < 4.78 is 11.7. The maximum Gasteiger partial charge on any atom is 0.313 e. The van der Waals surface area contributed by atoms with Crippen LogP contribution in [0.1, 0.15) is 41.9 Å². The number of aryl methyl sites for hydroxylation is 2. The van der Waals surface area contributed by atoms with Crippen molar-refractivity contribution in [2.45, 2.75) is 45.6 Å². The molecule has 0 spiro atoms. The minimum absolute atomic E-state index is 0.172. The van der Waals surface area contributed by atoms with E-state index in [-0.39, 0.29) is 24.0 Å². The number of hydrogen-bond acceptors (Lipinski definition) is 7. The molecule has 2 heterocycles. The molecule has 168 valence electrons. The van der Waals surface area contributed by atoms with E-state index in [1.165, 1.54) is 15.9 Å². The average molecular weight is 456 g/mol. The number of hydrogen-bond donors (Lipinski definition) is 1. The van der Waals surface area contributed by atoms with E-state index in [9.17, 15) is 14.4 Å². The molecule has 4 rings (SSSR count). The highest BCUT2D eigenvalue weighted by Gasteiger charge is 2.33. The molecule has 1 aromatic carbocycles. The second-order valence-corrected chi connectivity index (χ2v) is 8.73. The van der Waals surface area contributed by atoms with Crippen molar-refractivity contribution in [2.75, 3.05) is 19.0 Å². The van der Waals surface area contributed by atoms with Gasteiger partial charge >= 0.3 is 5.97 Å². The van der Waals surface area contributed by atoms with Crippen LogP contribution in [0.3, 0.4) is 0 Å². The molecule has 0 saturated carbocycles. The van der Waals surface area contributed by atoms with Gasteiger partial charge in [0.05, 0.1) is 25.0 Å². The summed E-state index contributed by atoms with van der Waals surface area (Å²) in [5.41, 5.74) is 1.04. The van der Waals surface area contributed by atoms with Crippen molar-refractivity contribution in [3.8, 4) is 5.75 Å². The van der Waals surface area contributed by atoms with E-state index < -0.39 is 5.92 Å². The van der Waals surface area contributed by atoms with Gasteiger partial charge in [0, 0.05) is 10.6 Å². The third-order valence-electron chi connectivity index (χ3n) is 5.61. The zero-order valence-electron chi connectivity index (χ0n) is 18.3. The topological polar surface area (TPSA) is 99.5 Å². The maximum absolute atomic E-state index is 13.5. The first kappa shape index (κ1) is 22.0. The van der Waals surface area contributed by atoms with Gasteiger partial charge in [-0.25, -0.2) is 4.98 Å². The number of methoxy groups -OCH3 is 1. The van der Waals surface area contributed by atoms with Gasteiger partial charge in [-0.15, -0.1) is 11.3 Å². The normalized spacial score (nSPS) is 15.3. The number of anilines is 1. The molecule has 8 nitrogen and oxygen atoms in total. The van der Waals surface area contributed by atoms with Crippen molar-refractivity contribution >= 4 is 39.1 Å². The summed E-state index contributed by atoms with van der Waals surface area (Å²) in [4.78, 5) is 44.9. The van der Waals surface area contributed by atoms with Crippen LogP contribution in [0.15, 0.2) is 29.1 Å². The van der Waals surface area contributed by atoms with Crippen LogP contribution >= 0.6 is 11.3 Å². The molecule has 0 radical (unpaired) electrons. The Kier molecular flexibility index (Phi) is 6.27. The number of thiophene rings is 1. The van der Waals surface area contributed by atoms with Gasteiger partial charge < -0.3 is 14.8 Å². The Bertz CT molecular complexity index is 1230. The van der Waals surface area contributed by atoms with Crippen LogP contribution in [0.4, 0.5) is 5.69 Å². The van der Waals surface area contributed by atoms with Crippen LogP contribution in [0.2, 0.25) is 0 Å². The van der Waals surface area contributed by atoms with Crippen LogP contribution < -0.4 is 15.6 Å². The number of esters is 1. The molecule has 3 aromatic rings. The van der Waals surface area contributed by atoms with Crippen molar-refractivity contribution in [1.29, 1.82) is 0 Å². The summed E-state index contributed by atoms with van der Waals surface area (Å²) in [6.45, 7) is 3.60. The average Bonchev–Trinajstić information content (AvgIpc) is 3.15. The summed E-state index contributed by atoms with van der Waals surface area (Å²) in [5.74, 6) is 0.0254. The molecule has 0 fully saturated rings. The molecule has 9 heteroatoms. The van der Waals surface area contributed by atoms with E-state index in [0.29, 0.717) is 40.5 Å². The number of nitrogens with one attached hydrogen (secondary N) is 1. The molecule has 32 heavy (non-hydrogen) atoms. The molecule has 1 unspecified atom stereocenters. The third kappa shape index (κ3) is 4.12. The molecule has 1 atom stereocenters. The highest BCUT2D eigenvalue weighted by Crippen LogP contribution is 2.41. The van der Waals surface area contributed by atoms with Crippen molar-refractivity contribution in [3.63, 3.8) is 0 Å². The van der Waals surface area contributed by atoms with E-state index in [0.717, 1.165) is 23.3 Å². The molecule has 1 aliphatic carbocycles. The second kappa shape index (κ2) is 9.12. The molecule has 1 amide bonds. The van der Waals surface area contributed by atoms with Crippen molar-refractivity contribution < 1.29 is 19.1 Å². The van der Waals surface area contributed by atoms with E-state index in [2.05, 4.69) is 10.3 Å². The number of nitrogens with zero attached hydrogens (tertiary/aromatic N) is 2. The predicted octanol–water partition coefficient (Wildman–Crippen LogP) is 3.40. The molecular formula is C23H25N3O5S. The highest BCUT2D eigenvalue weighted by atomic mass is 32.1. The number of carbonyl (C=O) groups excluding carboxylic acids is 2. The second-order valence-electron chi connectivity index (χ2n) is 7.64. The first-order valence-electron chi connectivity index (χ1n) is 10.6. The fourth-order valence-corrected chi connectivity index (χ4v) is 5.41. The number of benzene rings is 1. The lowest BCUT2D eigenvalue weighted by Gasteiger charge is -2.21. The van der Waals surface area contributed by atoms with E-state index in [1.54, 1.807) is 45.2 Å². The fourth-order valence-electron chi connectivity index (χ4n) is 4.10. The van der Waals surface area contributed by atoms with Crippen LogP contribution in [0.5, 0.6) is 5.75 Å². The molecule has 0 aliphatic heterocycles. The molecule has 0 saturated heterocycles. The molecule has 0 bridgehead atoms. The minimum Gasteiger partial charge on any atom is -0.497 e. The van der Waals surface area contributed by atoms with Gasteiger partial charge in [0.2, 0.25) is 5.91 Å². The van der Waals surface area contributed by atoms with E-state index in [1.807, 2.05) is 0 Å². The highest BCUT2D eigenvalue weighted by molar-refractivity contribution is 7.18. The van der Waals surface area contributed by atoms with Gasteiger partial charge in [0.15, 0.2) is 0 Å². The van der Waals surface area contributed by atoms with Gasteiger partial charge in [0.25, 0.3) is 5.56 Å². The van der Waals surface area contributed by atoms with Crippen molar-refractivity contribution in [2.24, 2.45) is 0 Å². The lowest BCUT2D eigenvalue weighted by atomic mass is 9.86. The Morgan fingerprint density at radius 2 is 2.03 bits per heavy atom. The third-order valence-corrected chi connectivity index (χ3v) is 6.77. The van der Waals surface area contributed by atoms with Crippen LogP contribution in [-0.2, 0) is 27.3 Å². The SMILES string of the molecule is CCOC(=O)C1CCCc2sc3nc(C)n(CC(=O)Nc4ccc(OC)cc4)c(=O)c3c21. The number of fused-ring (bicyclic) bond motifs is 3. The van der Waals surface area contributed by atoms with E-state index in [4.69, 9.17) is 9.47 Å². The van der Waals surface area contributed by atoms with Gasteiger partial charge in [-0.3, -0.25) is 19.0 Å². The molecule has 2 aromatic heterocycles. The van der Waals surface area contributed by atoms with Crippen molar-refractivity contribution in [1.82, 2.24) is 9.55 Å². The van der Waals surface area contributed by atoms with Crippen molar-refractivity contribution in [3.05, 3.63) is 50.9 Å². The quantitative estimate of drug-likeness (QED) is 0.572. The Balaban J connectivity index is 1.68. The van der Waals surface area contributed by atoms with Gasteiger partial charge in [-0.1, -0.05) is 0 Å². The number of carbonyl (C=O) groups is 2. The smallest absolute Gasteiger partial charge is 0.313 e. The van der Waals surface area contributed by atoms with Gasteiger partial charge in [-0.05, 0) is 62.9 Å². The van der Waals surface area contributed by atoms with Gasteiger partial charge in [0.1, 0.15) is 22.9 Å². The van der Waals surface area contributed by atoms with E-state index >= 15 is 0 Å². The Morgan fingerprint density at radius 1 is 1.28 bits per heavy atom. The Morgan fingerprint density at radius 3 is 2.72 bits per heavy atom. The van der Waals surface area contributed by atoms with Crippen LogP contribution in [0, 0.1) is 6.92 Å². The number of rotatable bonds is 6. The van der Waals surface area contributed by atoms with Crippen LogP contribution in [0.25, 0.3) is 10.2 Å². The summed E-state index contributed by atoms with van der Waals surface area (Å²) in [6, 6.07) is 6.95.